The minimum Gasteiger partial charge on any atom is -0.328 e. The normalized spacial score (nSPS) is 12.5. The molecule has 2 N–H and O–H groups in total. The molecule has 0 amide bonds. The number of rotatable bonds is 1. The van der Waals surface area contributed by atoms with Crippen LogP contribution in [0, 0.1) is 6.92 Å². The Bertz CT molecular complexity index is 21.5. The second-order valence-corrected chi connectivity index (χ2v) is 1.17. The molecule has 0 unspecified atom stereocenters. The van der Waals surface area contributed by atoms with E-state index in [-0.39, 0.29) is 18.4 Å². The molecule has 0 saturated heterocycles. The Kier molecular flexibility index (Phi) is 8.35. The molecular weight excluding hydrogens is 97.5 g/mol. The minimum atomic E-state index is 0. The van der Waals surface area contributed by atoms with E-state index in [0.29, 0.717) is 0 Å². The van der Waals surface area contributed by atoms with Gasteiger partial charge in [-0.2, -0.15) is 0 Å². The van der Waals surface area contributed by atoms with Gasteiger partial charge in [-0.3, -0.25) is 0 Å². The summed E-state index contributed by atoms with van der Waals surface area (Å²) < 4.78 is 0. The third-order valence-corrected chi connectivity index (χ3v) is 0.524. The second-order valence-electron chi connectivity index (χ2n) is 1.17. The molecule has 2 heteroatoms. The second kappa shape index (κ2) is 5.25. The van der Waals surface area contributed by atoms with E-state index in [9.17, 15) is 0 Å². The fraction of sp³-hybridized carbons (Fsp3) is 0.750. The average molecular weight is 109 g/mol. The Balaban J connectivity index is 0. The molecule has 6 heavy (non-hydrogen) atoms. The first-order valence-electron chi connectivity index (χ1n) is 1.86. The molecule has 1 radical (unpaired) electrons. The first kappa shape index (κ1) is 9.54. The van der Waals surface area contributed by atoms with E-state index in [1.54, 1.807) is 0 Å². The summed E-state index contributed by atoms with van der Waals surface area (Å²) in [6.45, 7) is 5.55. The maximum absolute atomic E-state index is 5.18. The maximum atomic E-state index is 5.18. The molecule has 0 aromatic rings. The SMILES string of the molecule is Cl.[CH2][C@H](N)CC. The van der Waals surface area contributed by atoms with E-state index in [1.807, 2.05) is 6.92 Å². The summed E-state index contributed by atoms with van der Waals surface area (Å²) in [5.74, 6) is 0. The van der Waals surface area contributed by atoms with Crippen molar-refractivity contribution in [1.82, 2.24) is 0 Å². The zero-order valence-electron chi connectivity index (χ0n) is 3.98. The lowest BCUT2D eigenvalue weighted by molar-refractivity contribution is 0.779. The van der Waals surface area contributed by atoms with E-state index < -0.39 is 0 Å². The van der Waals surface area contributed by atoms with Gasteiger partial charge >= 0.3 is 0 Å². The van der Waals surface area contributed by atoms with Crippen LogP contribution in [-0.2, 0) is 0 Å². The Morgan fingerprint density at radius 1 is 1.83 bits per heavy atom. The van der Waals surface area contributed by atoms with Crippen LogP contribution < -0.4 is 5.73 Å². The van der Waals surface area contributed by atoms with Crippen LogP contribution in [-0.4, -0.2) is 6.04 Å². The fourth-order valence-corrected chi connectivity index (χ4v) is 0. The highest BCUT2D eigenvalue weighted by molar-refractivity contribution is 5.85. The van der Waals surface area contributed by atoms with E-state index in [4.69, 9.17) is 5.73 Å². The molecule has 0 aliphatic heterocycles. The summed E-state index contributed by atoms with van der Waals surface area (Å²) in [5, 5.41) is 0. The monoisotopic (exact) mass is 108 g/mol. The standard InChI is InChI=1S/C4H10N.ClH/c1-3-4(2)5;/h4H,2-3,5H2,1H3;1H/t4-;/m0./s1. The van der Waals surface area contributed by atoms with Gasteiger partial charge in [0.2, 0.25) is 0 Å². The predicted molar refractivity (Wildman–Crippen MR) is 30.9 cm³/mol. The predicted octanol–water partition coefficient (Wildman–Crippen LogP) is 0.980. The summed E-state index contributed by atoms with van der Waals surface area (Å²) >= 11 is 0. The topological polar surface area (TPSA) is 26.0 Å². The van der Waals surface area contributed by atoms with Crippen molar-refractivity contribution in [2.75, 3.05) is 0 Å². The van der Waals surface area contributed by atoms with Gasteiger partial charge in [0, 0.05) is 6.04 Å². The van der Waals surface area contributed by atoms with Gasteiger partial charge < -0.3 is 5.73 Å². The molecule has 0 saturated carbocycles. The van der Waals surface area contributed by atoms with Crippen molar-refractivity contribution in [1.29, 1.82) is 0 Å². The highest BCUT2D eigenvalue weighted by Crippen LogP contribution is 1.76. The number of hydrogen-bond donors (Lipinski definition) is 1. The van der Waals surface area contributed by atoms with E-state index in [0.717, 1.165) is 6.42 Å². The minimum absolute atomic E-state index is 0. The summed E-state index contributed by atoms with van der Waals surface area (Å²) in [5.41, 5.74) is 5.18. The lowest BCUT2D eigenvalue weighted by Crippen LogP contribution is -2.12. The molecule has 0 heterocycles. The fourth-order valence-electron chi connectivity index (χ4n) is 0. The van der Waals surface area contributed by atoms with E-state index in [2.05, 4.69) is 6.92 Å². The average Bonchev–Trinajstić information content (AvgIpc) is 1.38. The van der Waals surface area contributed by atoms with Crippen molar-refractivity contribution in [3.8, 4) is 0 Å². The van der Waals surface area contributed by atoms with Crippen LogP contribution in [0.2, 0.25) is 0 Å². The molecule has 0 rings (SSSR count). The summed E-state index contributed by atoms with van der Waals surface area (Å²) in [6.07, 6.45) is 0.972. The highest BCUT2D eigenvalue weighted by atomic mass is 35.5. The van der Waals surface area contributed by atoms with E-state index >= 15 is 0 Å². The van der Waals surface area contributed by atoms with Crippen LogP contribution in [0.3, 0.4) is 0 Å². The molecule has 39 valence electrons. The molecule has 0 bridgehead atoms. The van der Waals surface area contributed by atoms with Gasteiger partial charge in [-0.05, 0) is 13.3 Å². The van der Waals surface area contributed by atoms with Gasteiger partial charge in [-0.1, -0.05) is 6.92 Å². The van der Waals surface area contributed by atoms with Crippen LogP contribution in [0.25, 0.3) is 0 Å². The molecular formula is C4H11ClN. The van der Waals surface area contributed by atoms with Crippen molar-refractivity contribution in [3.05, 3.63) is 6.92 Å². The first-order chi connectivity index (χ1) is 2.27. The van der Waals surface area contributed by atoms with Crippen molar-refractivity contribution in [2.45, 2.75) is 19.4 Å². The van der Waals surface area contributed by atoms with Crippen LogP contribution >= 0.6 is 12.4 Å². The number of halogens is 1. The maximum Gasteiger partial charge on any atom is 0.00367 e. The van der Waals surface area contributed by atoms with Gasteiger partial charge in [0.05, 0.1) is 0 Å². The smallest absolute Gasteiger partial charge is 0.00367 e. The Labute approximate surface area is 45.3 Å². The molecule has 1 atom stereocenters. The third-order valence-electron chi connectivity index (χ3n) is 0.524. The van der Waals surface area contributed by atoms with Crippen LogP contribution in [0.5, 0.6) is 0 Å². The quantitative estimate of drug-likeness (QED) is 0.533. The third kappa shape index (κ3) is 8.87. The van der Waals surface area contributed by atoms with Gasteiger partial charge in [0.15, 0.2) is 0 Å². The van der Waals surface area contributed by atoms with Gasteiger partial charge in [0.1, 0.15) is 0 Å². The van der Waals surface area contributed by atoms with Crippen LogP contribution in [0.4, 0.5) is 0 Å². The lowest BCUT2D eigenvalue weighted by Gasteiger charge is -1.91. The van der Waals surface area contributed by atoms with Gasteiger partial charge in [-0.25, -0.2) is 0 Å². The molecule has 0 fully saturated rings. The van der Waals surface area contributed by atoms with Crippen molar-refractivity contribution >= 4 is 12.4 Å². The zero-order valence-corrected chi connectivity index (χ0v) is 4.79. The van der Waals surface area contributed by atoms with Crippen molar-refractivity contribution in [2.24, 2.45) is 5.73 Å². The van der Waals surface area contributed by atoms with Crippen LogP contribution in [0.1, 0.15) is 13.3 Å². The van der Waals surface area contributed by atoms with Crippen LogP contribution in [0.15, 0.2) is 0 Å². The molecule has 1 nitrogen and oxygen atoms in total. The van der Waals surface area contributed by atoms with Crippen molar-refractivity contribution in [3.63, 3.8) is 0 Å². The number of nitrogens with two attached hydrogens (primary N) is 1. The largest absolute Gasteiger partial charge is 0.328 e. The Morgan fingerprint density at radius 3 is 2.00 bits per heavy atom. The van der Waals surface area contributed by atoms with E-state index in [1.165, 1.54) is 0 Å². The zero-order chi connectivity index (χ0) is 4.28. The molecule has 0 aliphatic rings. The summed E-state index contributed by atoms with van der Waals surface area (Å²) in [7, 11) is 0. The lowest BCUT2D eigenvalue weighted by atomic mass is 10.3. The Hall–Kier alpha value is 0.250. The highest BCUT2D eigenvalue weighted by Gasteiger charge is 1.80. The van der Waals surface area contributed by atoms with Gasteiger partial charge in [0.25, 0.3) is 0 Å². The first-order valence-corrected chi connectivity index (χ1v) is 1.86. The molecule has 0 aromatic carbocycles. The summed E-state index contributed by atoms with van der Waals surface area (Å²) in [6, 6.07) is 0.134. The molecule has 0 spiro atoms. The Morgan fingerprint density at radius 2 is 2.00 bits per heavy atom. The molecule has 0 aliphatic carbocycles. The van der Waals surface area contributed by atoms with Gasteiger partial charge in [-0.15, -0.1) is 12.4 Å². The van der Waals surface area contributed by atoms with Crippen molar-refractivity contribution < 1.29 is 0 Å². The summed E-state index contributed by atoms with van der Waals surface area (Å²) in [4.78, 5) is 0. The number of hydrogen-bond acceptors (Lipinski definition) is 1. The molecule has 0 aromatic heterocycles.